The van der Waals surface area contributed by atoms with Gasteiger partial charge in [-0.15, -0.1) is 0 Å². The summed E-state index contributed by atoms with van der Waals surface area (Å²) < 4.78 is 0. The fourth-order valence-corrected chi connectivity index (χ4v) is 5.54. The Hall–Kier alpha value is -3.12. The largest absolute Gasteiger partial charge is 0.397 e. The van der Waals surface area contributed by atoms with E-state index in [0.29, 0.717) is 17.4 Å². The van der Waals surface area contributed by atoms with Crippen LogP contribution in [0.15, 0.2) is 54.6 Å². The van der Waals surface area contributed by atoms with Crippen molar-refractivity contribution < 1.29 is 9.59 Å². The summed E-state index contributed by atoms with van der Waals surface area (Å²) in [6.45, 7) is 0. The van der Waals surface area contributed by atoms with Crippen molar-refractivity contribution in [3.8, 4) is 0 Å². The van der Waals surface area contributed by atoms with Gasteiger partial charge in [-0.25, -0.2) is 0 Å². The predicted octanol–water partition coefficient (Wildman–Crippen LogP) is 5.68. The van der Waals surface area contributed by atoms with Gasteiger partial charge in [-0.3, -0.25) is 14.5 Å². The number of nitrogens with one attached hydrogen (secondary N) is 2. The van der Waals surface area contributed by atoms with E-state index < -0.39 is 0 Å². The highest BCUT2D eigenvalue weighted by atomic mass is 16.2. The lowest BCUT2D eigenvalue weighted by molar-refractivity contribution is -0.128. The SMILES string of the molecule is CN(C1CCCCC1)C(C(=O)NC1CCCCC1)c1ccc(/C=C/C(=O)Nc2ccccc2N)cc1. The molecule has 2 saturated carbocycles. The summed E-state index contributed by atoms with van der Waals surface area (Å²) >= 11 is 0. The molecule has 6 nitrogen and oxygen atoms in total. The van der Waals surface area contributed by atoms with Crippen LogP contribution in [0, 0.1) is 0 Å². The first kappa shape index (κ1) is 26.0. The first-order valence-electron chi connectivity index (χ1n) is 13.5. The fraction of sp³-hybridized carbons (Fsp3) is 0.467. The normalized spacial score (nSPS) is 18.3. The minimum Gasteiger partial charge on any atom is -0.397 e. The number of hydrogen-bond donors (Lipinski definition) is 3. The van der Waals surface area contributed by atoms with Crippen LogP contribution in [0.3, 0.4) is 0 Å². The van der Waals surface area contributed by atoms with Gasteiger partial charge in [-0.1, -0.05) is 74.9 Å². The third-order valence-corrected chi connectivity index (χ3v) is 7.66. The summed E-state index contributed by atoms with van der Waals surface area (Å²) in [5, 5.41) is 6.17. The molecule has 0 aliphatic heterocycles. The summed E-state index contributed by atoms with van der Waals surface area (Å²) in [6, 6.07) is 15.6. The van der Waals surface area contributed by atoms with E-state index >= 15 is 0 Å². The van der Waals surface area contributed by atoms with E-state index in [1.54, 1.807) is 18.2 Å². The van der Waals surface area contributed by atoms with Gasteiger partial charge in [0.15, 0.2) is 0 Å². The summed E-state index contributed by atoms with van der Waals surface area (Å²) in [4.78, 5) is 28.2. The number of rotatable bonds is 8. The molecule has 2 aliphatic carbocycles. The number of benzene rings is 2. The Bertz CT molecular complexity index is 1040. The van der Waals surface area contributed by atoms with Crippen LogP contribution >= 0.6 is 0 Å². The molecule has 1 unspecified atom stereocenters. The number of nitrogens with two attached hydrogens (primary N) is 1. The van der Waals surface area contributed by atoms with E-state index in [4.69, 9.17) is 5.73 Å². The van der Waals surface area contributed by atoms with E-state index in [1.807, 2.05) is 36.4 Å². The Morgan fingerprint density at radius 2 is 1.56 bits per heavy atom. The van der Waals surface area contributed by atoms with E-state index in [-0.39, 0.29) is 23.9 Å². The van der Waals surface area contributed by atoms with Crippen LogP contribution in [-0.2, 0) is 9.59 Å². The highest BCUT2D eigenvalue weighted by molar-refractivity contribution is 6.03. The van der Waals surface area contributed by atoms with Gasteiger partial charge in [0.05, 0.1) is 11.4 Å². The quantitative estimate of drug-likeness (QED) is 0.330. The van der Waals surface area contributed by atoms with E-state index in [0.717, 1.165) is 36.8 Å². The number of carbonyl (C=O) groups is 2. The summed E-state index contributed by atoms with van der Waals surface area (Å²) in [6.07, 6.45) is 15.1. The van der Waals surface area contributed by atoms with Crippen LogP contribution < -0.4 is 16.4 Å². The number of anilines is 2. The van der Waals surface area contributed by atoms with Gasteiger partial charge in [0.1, 0.15) is 6.04 Å². The maximum absolute atomic E-state index is 13.6. The topological polar surface area (TPSA) is 87.5 Å². The van der Waals surface area contributed by atoms with Gasteiger partial charge in [-0.05, 0) is 62.1 Å². The third-order valence-electron chi connectivity index (χ3n) is 7.66. The second-order valence-electron chi connectivity index (χ2n) is 10.3. The van der Waals surface area contributed by atoms with Gasteiger partial charge < -0.3 is 16.4 Å². The Morgan fingerprint density at radius 1 is 0.917 bits per heavy atom. The molecule has 2 fully saturated rings. The molecule has 0 radical (unpaired) electrons. The van der Waals surface area contributed by atoms with Crippen molar-refractivity contribution >= 4 is 29.3 Å². The van der Waals surface area contributed by atoms with Crippen LogP contribution in [0.25, 0.3) is 6.08 Å². The number of carbonyl (C=O) groups excluding carboxylic acids is 2. The van der Waals surface area contributed by atoms with Crippen LogP contribution in [0.5, 0.6) is 0 Å². The number of hydrogen-bond acceptors (Lipinski definition) is 4. The molecule has 2 aromatic rings. The van der Waals surface area contributed by atoms with E-state index in [9.17, 15) is 9.59 Å². The molecule has 2 aliphatic rings. The fourth-order valence-electron chi connectivity index (χ4n) is 5.54. The van der Waals surface area contributed by atoms with Gasteiger partial charge in [0, 0.05) is 18.2 Å². The maximum atomic E-state index is 13.6. The Kier molecular flexibility index (Phi) is 9.17. The summed E-state index contributed by atoms with van der Waals surface area (Å²) in [5.74, 6) is -0.128. The molecule has 0 heterocycles. The lowest BCUT2D eigenvalue weighted by atomic mass is 9.91. The van der Waals surface area contributed by atoms with Crippen LogP contribution in [-0.4, -0.2) is 35.8 Å². The standard InChI is InChI=1S/C30H40N4O2/c1-34(25-12-6-3-7-13-25)29(30(36)32-24-10-4-2-5-11-24)23-19-16-22(17-20-23)18-21-28(35)33-27-15-9-8-14-26(27)31/h8-9,14-21,24-25,29H,2-7,10-13,31H2,1H3,(H,32,36)(H,33,35)/b21-18+. The van der Waals surface area contributed by atoms with Crippen LogP contribution in [0.2, 0.25) is 0 Å². The highest BCUT2D eigenvalue weighted by Gasteiger charge is 2.32. The number of amides is 2. The molecule has 192 valence electrons. The number of para-hydroxylation sites is 2. The van der Waals surface area contributed by atoms with Crippen LogP contribution in [0.4, 0.5) is 11.4 Å². The lowest BCUT2D eigenvalue weighted by Gasteiger charge is -2.37. The van der Waals surface area contributed by atoms with Crippen LogP contribution in [0.1, 0.15) is 81.4 Å². The lowest BCUT2D eigenvalue weighted by Crippen LogP contribution is -2.47. The van der Waals surface area contributed by atoms with Crippen molar-refractivity contribution in [1.29, 1.82) is 0 Å². The molecule has 0 spiro atoms. The molecule has 36 heavy (non-hydrogen) atoms. The molecule has 4 N–H and O–H groups in total. The average Bonchev–Trinajstić information content (AvgIpc) is 2.91. The van der Waals surface area contributed by atoms with E-state index in [2.05, 4.69) is 22.6 Å². The molecular weight excluding hydrogens is 448 g/mol. The number of nitrogens with zero attached hydrogens (tertiary/aromatic N) is 1. The maximum Gasteiger partial charge on any atom is 0.248 e. The summed E-state index contributed by atoms with van der Waals surface area (Å²) in [5.41, 5.74) is 8.93. The second kappa shape index (κ2) is 12.7. The van der Waals surface area contributed by atoms with Gasteiger partial charge in [0.2, 0.25) is 11.8 Å². The molecule has 0 saturated heterocycles. The monoisotopic (exact) mass is 488 g/mol. The minimum atomic E-state index is -0.308. The van der Waals surface area contributed by atoms with Crippen molar-refractivity contribution in [2.75, 3.05) is 18.1 Å². The van der Waals surface area contributed by atoms with Crippen molar-refractivity contribution in [2.45, 2.75) is 82.3 Å². The molecule has 6 heteroatoms. The van der Waals surface area contributed by atoms with Gasteiger partial charge >= 0.3 is 0 Å². The molecule has 0 bridgehead atoms. The molecule has 4 rings (SSSR count). The molecule has 1 atom stereocenters. The predicted molar refractivity (Wildman–Crippen MR) is 147 cm³/mol. The van der Waals surface area contributed by atoms with Crippen molar-refractivity contribution in [3.63, 3.8) is 0 Å². The molecule has 0 aromatic heterocycles. The zero-order chi connectivity index (χ0) is 25.3. The highest BCUT2D eigenvalue weighted by Crippen LogP contribution is 2.30. The van der Waals surface area contributed by atoms with Gasteiger partial charge in [-0.2, -0.15) is 0 Å². The third kappa shape index (κ3) is 6.97. The summed E-state index contributed by atoms with van der Waals surface area (Å²) in [7, 11) is 2.11. The molecular formula is C30H40N4O2. The van der Waals surface area contributed by atoms with Gasteiger partial charge in [0.25, 0.3) is 0 Å². The number of nitrogen functional groups attached to an aromatic ring is 1. The molecule has 2 aromatic carbocycles. The van der Waals surface area contributed by atoms with Crippen molar-refractivity contribution in [2.24, 2.45) is 0 Å². The molecule has 2 amide bonds. The minimum absolute atomic E-state index is 0.109. The zero-order valence-electron chi connectivity index (χ0n) is 21.4. The Balaban J connectivity index is 1.46. The van der Waals surface area contributed by atoms with Crippen molar-refractivity contribution in [3.05, 3.63) is 65.7 Å². The number of likely N-dealkylation sites (N-methyl/N-ethyl adjacent to an activating group) is 1. The first-order valence-corrected chi connectivity index (χ1v) is 13.5. The first-order chi connectivity index (χ1) is 17.5. The Morgan fingerprint density at radius 3 is 2.22 bits per heavy atom. The average molecular weight is 489 g/mol. The zero-order valence-corrected chi connectivity index (χ0v) is 21.4. The second-order valence-corrected chi connectivity index (χ2v) is 10.3. The van der Waals surface area contributed by atoms with Crippen molar-refractivity contribution in [1.82, 2.24) is 10.2 Å². The Labute approximate surface area is 215 Å². The smallest absolute Gasteiger partial charge is 0.248 e. The van der Waals surface area contributed by atoms with E-state index in [1.165, 1.54) is 44.6 Å².